The fraction of sp³-hybridized carbons (Fsp3) is 0.286. The minimum absolute atomic E-state index is 0.436. The first kappa shape index (κ1) is 15.5. The highest BCUT2D eigenvalue weighted by Crippen LogP contribution is 2.43. The Morgan fingerprint density at radius 3 is 2.22 bits per heavy atom. The average Bonchev–Trinajstić information content (AvgIpc) is 2.75. The molecule has 118 valence electrons. The third kappa shape index (κ3) is 2.59. The van der Waals surface area contributed by atoms with Crippen LogP contribution < -0.4 is 0 Å². The fourth-order valence-corrected chi connectivity index (χ4v) is 3.51. The zero-order valence-electron chi connectivity index (χ0n) is 14.5. The topological polar surface area (TPSA) is 21.6 Å². The molecule has 1 aliphatic rings. The Kier molecular flexibility index (Phi) is 4.08. The second-order valence-electron chi connectivity index (χ2n) is 6.27. The first-order valence-electron chi connectivity index (χ1n) is 8.02. The summed E-state index contributed by atoms with van der Waals surface area (Å²) in [6.07, 6.45) is 1.82. The van der Waals surface area contributed by atoms with Gasteiger partial charge in [-0.1, -0.05) is 41.9 Å². The maximum absolute atomic E-state index is 4.91. The summed E-state index contributed by atoms with van der Waals surface area (Å²) in [5.41, 5.74) is 8.02. The van der Waals surface area contributed by atoms with E-state index in [1.54, 1.807) is 7.11 Å². The highest BCUT2D eigenvalue weighted by Gasteiger charge is 2.26. The van der Waals surface area contributed by atoms with Gasteiger partial charge in [0.2, 0.25) is 0 Å². The SMILES string of the molecule is CON=Cc1cc2ccccc2cc1C1=C(C)C(C)=C(C)C1C. The van der Waals surface area contributed by atoms with Crippen molar-refractivity contribution in [2.75, 3.05) is 7.11 Å². The lowest BCUT2D eigenvalue weighted by atomic mass is 9.87. The first-order chi connectivity index (χ1) is 11.0. The summed E-state index contributed by atoms with van der Waals surface area (Å²) >= 11 is 0. The average molecular weight is 305 g/mol. The summed E-state index contributed by atoms with van der Waals surface area (Å²) in [5.74, 6) is 0.436. The minimum Gasteiger partial charge on any atom is -0.399 e. The van der Waals surface area contributed by atoms with E-state index in [0.717, 1.165) is 5.56 Å². The molecule has 1 atom stereocenters. The van der Waals surface area contributed by atoms with Gasteiger partial charge in [0.05, 0.1) is 6.21 Å². The van der Waals surface area contributed by atoms with Gasteiger partial charge in [0.1, 0.15) is 7.11 Å². The van der Waals surface area contributed by atoms with Crippen LogP contribution in [-0.4, -0.2) is 13.3 Å². The first-order valence-corrected chi connectivity index (χ1v) is 8.02. The predicted molar refractivity (Wildman–Crippen MR) is 98.7 cm³/mol. The summed E-state index contributed by atoms with van der Waals surface area (Å²) in [6, 6.07) is 12.9. The van der Waals surface area contributed by atoms with Gasteiger partial charge in [0, 0.05) is 11.5 Å². The molecule has 0 aliphatic heterocycles. The van der Waals surface area contributed by atoms with Gasteiger partial charge in [-0.25, -0.2) is 0 Å². The molecule has 3 rings (SSSR count). The van der Waals surface area contributed by atoms with E-state index in [2.05, 4.69) is 69.2 Å². The maximum Gasteiger partial charge on any atom is 0.106 e. The van der Waals surface area contributed by atoms with Gasteiger partial charge < -0.3 is 4.84 Å². The fourth-order valence-electron chi connectivity index (χ4n) is 3.51. The zero-order chi connectivity index (χ0) is 16.6. The molecule has 0 spiro atoms. The second-order valence-corrected chi connectivity index (χ2v) is 6.27. The number of fused-ring (bicyclic) bond motifs is 1. The monoisotopic (exact) mass is 305 g/mol. The molecule has 0 amide bonds. The Labute approximate surface area is 138 Å². The number of oxime groups is 1. The van der Waals surface area contributed by atoms with E-state index in [1.807, 2.05) is 6.21 Å². The van der Waals surface area contributed by atoms with Crippen LogP contribution in [0.15, 0.2) is 58.3 Å². The Morgan fingerprint density at radius 2 is 1.65 bits per heavy atom. The van der Waals surface area contributed by atoms with Crippen LogP contribution in [0, 0.1) is 5.92 Å². The molecule has 0 fully saturated rings. The van der Waals surface area contributed by atoms with Crippen molar-refractivity contribution < 1.29 is 4.84 Å². The highest BCUT2D eigenvalue weighted by molar-refractivity contribution is 5.98. The smallest absolute Gasteiger partial charge is 0.106 e. The Morgan fingerprint density at radius 1 is 1.00 bits per heavy atom. The van der Waals surface area contributed by atoms with Crippen LogP contribution in [0.1, 0.15) is 38.8 Å². The summed E-state index contributed by atoms with van der Waals surface area (Å²) in [5, 5.41) is 6.49. The van der Waals surface area contributed by atoms with Crippen molar-refractivity contribution in [3.63, 3.8) is 0 Å². The number of rotatable bonds is 3. The molecule has 2 heteroatoms. The van der Waals surface area contributed by atoms with Crippen LogP contribution in [0.4, 0.5) is 0 Å². The predicted octanol–water partition coefficient (Wildman–Crippen LogP) is 5.58. The second kappa shape index (κ2) is 6.04. The third-order valence-corrected chi connectivity index (χ3v) is 5.15. The van der Waals surface area contributed by atoms with Crippen LogP contribution in [0.25, 0.3) is 16.3 Å². The number of allylic oxidation sites excluding steroid dienone is 4. The molecule has 2 nitrogen and oxygen atoms in total. The van der Waals surface area contributed by atoms with Crippen LogP contribution in [0.5, 0.6) is 0 Å². The lowest BCUT2D eigenvalue weighted by Crippen LogP contribution is -2.01. The van der Waals surface area contributed by atoms with Gasteiger partial charge in [0.25, 0.3) is 0 Å². The Hall–Kier alpha value is -2.35. The zero-order valence-corrected chi connectivity index (χ0v) is 14.5. The molecule has 0 heterocycles. The van der Waals surface area contributed by atoms with E-state index in [1.165, 1.54) is 38.6 Å². The molecule has 0 N–H and O–H groups in total. The van der Waals surface area contributed by atoms with Crippen molar-refractivity contribution in [2.24, 2.45) is 11.1 Å². The molecule has 0 aromatic heterocycles. The summed E-state index contributed by atoms with van der Waals surface area (Å²) in [7, 11) is 1.58. The molecule has 2 aromatic carbocycles. The number of hydrogen-bond acceptors (Lipinski definition) is 2. The van der Waals surface area contributed by atoms with E-state index < -0.39 is 0 Å². The Bertz CT molecular complexity index is 855. The standard InChI is InChI=1S/C21H23NO/c1-13-14(2)16(4)21(15(13)3)20-11-18-9-7-6-8-17(18)10-19(20)12-22-23-5/h6-12,15H,1-5H3. The van der Waals surface area contributed by atoms with Crippen molar-refractivity contribution >= 4 is 22.6 Å². The molecule has 0 bridgehead atoms. The number of benzene rings is 2. The van der Waals surface area contributed by atoms with Crippen LogP contribution >= 0.6 is 0 Å². The molecule has 0 saturated carbocycles. The molecule has 23 heavy (non-hydrogen) atoms. The largest absolute Gasteiger partial charge is 0.399 e. The van der Waals surface area contributed by atoms with Crippen molar-refractivity contribution in [1.82, 2.24) is 0 Å². The molecule has 1 unspecified atom stereocenters. The van der Waals surface area contributed by atoms with Crippen LogP contribution in [-0.2, 0) is 4.84 Å². The van der Waals surface area contributed by atoms with Gasteiger partial charge in [-0.15, -0.1) is 0 Å². The molecule has 0 saturated heterocycles. The molecule has 0 radical (unpaired) electrons. The van der Waals surface area contributed by atoms with E-state index in [0.29, 0.717) is 5.92 Å². The van der Waals surface area contributed by atoms with E-state index in [-0.39, 0.29) is 0 Å². The van der Waals surface area contributed by atoms with Gasteiger partial charge in [-0.3, -0.25) is 0 Å². The van der Waals surface area contributed by atoms with E-state index >= 15 is 0 Å². The molecule has 2 aromatic rings. The van der Waals surface area contributed by atoms with Crippen molar-refractivity contribution in [3.05, 3.63) is 64.2 Å². The number of nitrogens with zero attached hydrogens (tertiary/aromatic N) is 1. The lowest BCUT2D eigenvalue weighted by molar-refractivity contribution is 0.215. The van der Waals surface area contributed by atoms with Crippen molar-refractivity contribution in [3.8, 4) is 0 Å². The normalized spacial score (nSPS) is 18.6. The van der Waals surface area contributed by atoms with Gasteiger partial charge in [-0.05, 0) is 66.0 Å². The van der Waals surface area contributed by atoms with Crippen LogP contribution in [0.3, 0.4) is 0 Å². The van der Waals surface area contributed by atoms with E-state index in [4.69, 9.17) is 4.84 Å². The highest BCUT2D eigenvalue weighted by atomic mass is 16.6. The van der Waals surface area contributed by atoms with Crippen molar-refractivity contribution in [2.45, 2.75) is 27.7 Å². The quantitative estimate of drug-likeness (QED) is 0.536. The molecular formula is C21H23NO. The number of hydrogen-bond donors (Lipinski definition) is 0. The Balaban J connectivity index is 2.26. The van der Waals surface area contributed by atoms with Crippen LogP contribution in [0.2, 0.25) is 0 Å². The minimum atomic E-state index is 0.436. The van der Waals surface area contributed by atoms with E-state index in [9.17, 15) is 0 Å². The summed E-state index contributed by atoms with van der Waals surface area (Å²) < 4.78 is 0. The summed E-state index contributed by atoms with van der Waals surface area (Å²) in [4.78, 5) is 4.91. The van der Waals surface area contributed by atoms with Gasteiger partial charge in [0.15, 0.2) is 0 Å². The van der Waals surface area contributed by atoms with Gasteiger partial charge in [-0.2, -0.15) is 0 Å². The molecular weight excluding hydrogens is 282 g/mol. The maximum atomic E-state index is 4.91. The van der Waals surface area contributed by atoms with Crippen molar-refractivity contribution in [1.29, 1.82) is 0 Å². The lowest BCUT2D eigenvalue weighted by Gasteiger charge is -2.16. The van der Waals surface area contributed by atoms with Gasteiger partial charge >= 0.3 is 0 Å². The summed E-state index contributed by atoms with van der Waals surface area (Å²) in [6.45, 7) is 8.97. The molecule has 1 aliphatic carbocycles. The third-order valence-electron chi connectivity index (χ3n) is 5.15.